The molecule has 124 valence electrons. The molecule has 2 amide bonds. The van der Waals surface area contributed by atoms with Crippen LogP contribution in [0.1, 0.15) is 27.4 Å². The maximum Gasteiger partial charge on any atom is 0.406 e. The van der Waals surface area contributed by atoms with Gasteiger partial charge in [-0.2, -0.15) is 13.2 Å². The quantitative estimate of drug-likeness (QED) is 0.807. The van der Waals surface area contributed by atoms with Crippen molar-refractivity contribution in [2.45, 2.75) is 18.6 Å². The number of nitrogens with zero attached hydrogens (tertiary/aromatic N) is 3. The molecule has 2 N–H and O–H groups in total. The van der Waals surface area contributed by atoms with E-state index in [4.69, 9.17) is 5.11 Å². The molecule has 0 radical (unpaired) electrons. The van der Waals surface area contributed by atoms with Crippen LogP contribution < -0.4 is 5.32 Å². The molecule has 1 aliphatic rings. The molecule has 1 fully saturated rings. The van der Waals surface area contributed by atoms with Crippen molar-refractivity contribution in [3.8, 4) is 0 Å². The van der Waals surface area contributed by atoms with E-state index in [0.29, 0.717) is 4.90 Å². The average molecular weight is 332 g/mol. The summed E-state index contributed by atoms with van der Waals surface area (Å²) in [6, 6.07) is -1.08. The minimum atomic E-state index is -4.51. The monoisotopic (exact) mass is 332 g/mol. The van der Waals surface area contributed by atoms with Crippen LogP contribution in [0.25, 0.3) is 0 Å². The molecule has 1 aromatic heterocycles. The molecule has 1 atom stereocenters. The van der Waals surface area contributed by atoms with Gasteiger partial charge >= 0.3 is 12.1 Å². The highest BCUT2D eigenvalue weighted by Gasteiger charge is 2.39. The second-order valence-electron chi connectivity index (χ2n) is 4.78. The molecule has 1 saturated heterocycles. The van der Waals surface area contributed by atoms with Crippen molar-refractivity contribution >= 4 is 17.8 Å². The number of hydrogen-bond donors (Lipinski definition) is 2. The van der Waals surface area contributed by atoms with Gasteiger partial charge in [-0.25, -0.2) is 14.8 Å². The maximum absolute atomic E-state index is 12.3. The van der Waals surface area contributed by atoms with Crippen LogP contribution in [0, 0.1) is 0 Å². The zero-order valence-corrected chi connectivity index (χ0v) is 11.5. The summed E-state index contributed by atoms with van der Waals surface area (Å²) in [6.45, 7) is -1.49. The number of amides is 2. The molecule has 11 heteroatoms. The lowest BCUT2D eigenvalue weighted by Gasteiger charge is -2.18. The van der Waals surface area contributed by atoms with E-state index in [9.17, 15) is 27.6 Å². The van der Waals surface area contributed by atoms with E-state index in [0.717, 1.165) is 12.4 Å². The first kappa shape index (κ1) is 16.6. The van der Waals surface area contributed by atoms with Crippen molar-refractivity contribution in [1.29, 1.82) is 0 Å². The van der Waals surface area contributed by atoms with E-state index < -0.39 is 36.5 Å². The number of carbonyl (C=O) groups excluding carboxylic acids is 2. The number of halogens is 3. The van der Waals surface area contributed by atoms with Crippen LogP contribution in [0.5, 0.6) is 0 Å². The third-order valence-corrected chi connectivity index (χ3v) is 3.08. The second-order valence-corrected chi connectivity index (χ2v) is 4.78. The maximum atomic E-state index is 12.3. The highest BCUT2D eigenvalue weighted by molar-refractivity contribution is 5.96. The van der Waals surface area contributed by atoms with Crippen LogP contribution in [-0.4, -0.2) is 63.1 Å². The van der Waals surface area contributed by atoms with Gasteiger partial charge in [0.15, 0.2) is 5.69 Å². The predicted octanol–water partition coefficient (Wildman–Crippen LogP) is 0.0678. The Balaban J connectivity index is 1.98. The Morgan fingerprint density at radius 3 is 2.43 bits per heavy atom. The third-order valence-electron chi connectivity index (χ3n) is 3.08. The van der Waals surface area contributed by atoms with Crippen LogP contribution in [0.2, 0.25) is 0 Å². The molecule has 1 unspecified atom stereocenters. The van der Waals surface area contributed by atoms with Crippen molar-refractivity contribution in [1.82, 2.24) is 20.2 Å². The summed E-state index contributed by atoms with van der Waals surface area (Å²) in [5, 5.41) is 10.9. The first-order chi connectivity index (χ1) is 10.7. The number of likely N-dealkylation sites (tertiary alicyclic amines) is 1. The Morgan fingerprint density at radius 2 is 1.91 bits per heavy atom. The number of rotatable bonds is 4. The van der Waals surface area contributed by atoms with E-state index in [1.165, 1.54) is 0 Å². The summed E-state index contributed by atoms with van der Waals surface area (Å²) >= 11 is 0. The Labute approximate surface area is 127 Å². The molecule has 23 heavy (non-hydrogen) atoms. The largest absolute Gasteiger partial charge is 0.476 e. The molecular formula is C12H11F3N4O4. The van der Waals surface area contributed by atoms with Gasteiger partial charge in [0.05, 0.1) is 12.4 Å². The molecule has 0 aliphatic carbocycles. The predicted molar refractivity (Wildman–Crippen MR) is 67.5 cm³/mol. The first-order valence-corrected chi connectivity index (χ1v) is 6.39. The molecule has 2 heterocycles. The number of carboxylic acid groups (broad SMARTS) is 1. The molecule has 0 bridgehead atoms. The molecule has 1 aromatic rings. The fourth-order valence-corrected chi connectivity index (χ4v) is 2.03. The van der Waals surface area contributed by atoms with Gasteiger partial charge in [-0.05, 0) is 6.42 Å². The zero-order chi connectivity index (χ0) is 17.2. The SMILES string of the molecule is O=C(O)c1cnc(C(=O)NC2CCN(CC(F)(F)F)C2=O)cn1. The number of carbonyl (C=O) groups is 3. The fraction of sp³-hybridized carbons (Fsp3) is 0.417. The van der Waals surface area contributed by atoms with E-state index >= 15 is 0 Å². The van der Waals surface area contributed by atoms with Gasteiger partial charge < -0.3 is 15.3 Å². The first-order valence-electron chi connectivity index (χ1n) is 6.39. The van der Waals surface area contributed by atoms with E-state index in [-0.39, 0.29) is 24.4 Å². The molecule has 2 rings (SSSR count). The Morgan fingerprint density at radius 1 is 1.30 bits per heavy atom. The lowest BCUT2D eigenvalue weighted by atomic mass is 10.2. The van der Waals surface area contributed by atoms with Gasteiger partial charge in [0.25, 0.3) is 5.91 Å². The number of alkyl halides is 3. The van der Waals surface area contributed by atoms with Crippen LogP contribution in [0.4, 0.5) is 13.2 Å². The van der Waals surface area contributed by atoms with Crippen LogP contribution >= 0.6 is 0 Å². The molecular weight excluding hydrogens is 321 g/mol. The summed E-state index contributed by atoms with van der Waals surface area (Å²) in [5.74, 6) is -2.97. The van der Waals surface area contributed by atoms with E-state index in [1.54, 1.807) is 0 Å². The molecule has 0 saturated carbocycles. The molecule has 0 aromatic carbocycles. The van der Waals surface area contributed by atoms with Crippen molar-refractivity contribution in [2.75, 3.05) is 13.1 Å². The number of nitrogens with one attached hydrogen (secondary N) is 1. The fourth-order valence-electron chi connectivity index (χ4n) is 2.03. The van der Waals surface area contributed by atoms with E-state index in [1.807, 2.05) is 0 Å². The van der Waals surface area contributed by atoms with Gasteiger partial charge in [-0.15, -0.1) is 0 Å². The highest BCUT2D eigenvalue weighted by atomic mass is 19.4. The van der Waals surface area contributed by atoms with Crippen molar-refractivity contribution < 1.29 is 32.7 Å². The number of carboxylic acids is 1. The smallest absolute Gasteiger partial charge is 0.406 e. The summed E-state index contributed by atoms with van der Waals surface area (Å²) < 4.78 is 36.9. The lowest BCUT2D eigenvalue weighted by Crippen LogP contribution is -2.44. The van der Waals surface area contributed by atoms with Crippen molar-refractivity contribution in [3.05, 3.63) is 23.8 Å². The van der Waals surface area contributed by atoms with Crippen molar-refractivity contribution in [2.24, 2.45) is 0 Å². The molecule has 1 aliphatic heterocycles. The standard InChI is InChI=1S/C12H11F3N4O4/c13-12(14,15)5-19-2-1-6(10(19)21)18-9(20)7-3-17-8(4-16-7)11(22)23/h3-4,6H,1-2,5H2,(H,18,20)(H,22,23). The summed E-state index contributed by atoms with van der Waals surface area (Å²) in [5.41, 5.74) is -0.605. The summed E-state index contributed by atoms with van der Waals surface area (Å²) in [4.78, 5) is 42.0. The average Bonchev–Trinajstić information content (AvgIpc) is 2.78. The molecule has 0 spiro atoms. The second kappa shape index (κ2) is 6.18. The minimum absolute atomic E-state index is 0.0429. The van der Waals surface area contributed by atoms with Gasteiger partial charge in [0.1, 0.15) is 18.3 Å². The number of aromatic carboxylic acids is 1. The van der Waals surface area contributed by atoms with Gasteiger partial charge in [-0.1, -0.05) is 0 Å². The minimum Gasteiger partial charge on any atom is -0.476 e. The zero-order valence-electron chi connectivity index (χ0n) is 11.5. The third kappa shape index (κ3) is 4.14. The normalized spacial score (nSPS) is 18.1. The van der Waals surface area contributed by atoms with Crippen LogP contribution in [0.15, 0.2) is 12.4 Å². The molecule has 8 nitrogen and oxygen atoms in total. The number of aromatic nitrogens is 2. The number of hydrogen-bond acceptors (Lipinski definition) is 5. The highest BCUT2D eigenvalue weighted by Crippen LogP contribution is 2.21. The van der Waals surface area contributed by atoms with Gasteiger partial charge in [-0.3, -0.25) is 9.59 Å². The van der Waals surface area contributed by atoms with Gasteiger partial charge in [0, 0.05) is 6.54 Å². The Kier molecular flexibility index (Phi) is 4.48. The summed E-state index contributed by atoms with van der Waals surface area (Å²) in [7, 11) is 0. The lowest BCUT2D eigenvalue weighted by molar-refractivity contribution is -0.157. The van der Waals surface area contributed by atoms with Gasteiger partial charge in [0.2, 0.25) is 5.91 Å². The Bertz CT molecular complexity index is 632. The topological polar surface area (TPSA) is 112 Å². The summed E-state index contributed by atoms with van der Waals surface area (Å²) in [6.07, 6.45) is -2.69. The van der Waals surface area contributed by atoms with Crippen molar-refractivity contribution in [3.63, 3.8) is 0 Å². The van der Waals surface area contributed by atoms with Crippen LogP contribution in [-0.2, 0) is 4.79 Å². The van der Waals surface area contributed by atoms with Crippen LogP contribution in [0.3, 0.4) is 0 Å². The Hall–Kier alpha value is -2.72. The van der Waals surface area contributed by atoms with E-state index in [2.05, 4.69) is 15.3 Å².